The van der Waals surface area contributed by atoms with Crippen molar-refractivity contribution in [2.45, 2.75) is 39.5 Å². The standard InChI is InChI=1S/C25H27NO/c1-17(2)20-15-10-16-21(18(3)4)24(20)26-25(27)23-14-9-8-13-22(23)19-11-6-5-7-12-19/h5-18H,1-4H3,(H,26,27). The molecule has 0 atom stereocenters. The molecule has 0 bridgehead atoms. The van der Waals surface area contributed by atoms with Gasteiger partial charge in [-0.05, 0) is 40.2 Å². The molecule has 0 unspecified atom stereocenters. The number of carbonyl (C=O) groups excluding carboxylic acids is 1. The zero-order valence-corrected chi connectivity index (χ0v) is 16.5. The molecule has 0 saturated carbocycles. The molecule has 0 spiro atoms. The van der Waals surface area contributed by atoms with Crippen LogP contribution in [0.25, 0.3) is 11.1 Å². The maximum absolute atomic E-state index is 13.2. The van der Waals surface area contributed by atoms with Crippen molar-refractivity contribution in [1.82, 2.24) is 0 Å². The van der Waals surface area contributed by atoms with Crippen LogP contribution in [0.3, 0.4) is 0 Å². The molecule has 0 saturated heterocycles. The highest BCUT2D eigenvalue weighted by Crippen LogP contribution is 2.33. The van der Waals surface area contributed by atoms with Gasteiger partial charge >= 0.3 is 0 Å². The molecule has 0 aliphatic rings. The topological polar surface area (TPSA) is 29.1 Å². The van der Waals surface area contributed by atoms with Gasteiger partial charge in [0.2, 0.25) is 0 Å². The molecule has 0 aromatic heterocycles. The van der Waals surface area contributed by atoms with Gasteiger partial charge < -0.3 is 5.32 Å². The predicted molar refractivity (Wildman–Crippen MR) is 114 cm³/mol. The lowest BCUT2D eigenvalue weighted by Gasteiger charge is -2.21. The minimum absolute atomic E-state index is 0.0653. The lowest BCUT2D eigenvalue weighted by molar-refractivity contribution is 0.102. The van der Waals surface area contributed by atoms with Crippen LogP contribution < -0.4 is 5.32 Å². The van der Waals surface area contributed by atoms with Crippen LogP contribution in [-0.2, 0) is 0 Å². The Labute approximate surface area is 162 Å². The first-order chi connectivity index (χ1) is 13.0. The summed E-state index contributed by atoms with van der Waals surface area (Å²) in [5.41, 5.74) is 5.99. The molecule has 0 fully saturated rings. The highest BCUT2D eigenvalue weighted by atomic mass is 16.1. The molecular formula is C25H27NO. The van der Waals surface area contributed by atoms with E-state index < -0.39 is 0 Å². The van der Waals surface area contributed by atoms with E-state index in [-0.39, 0.29) is 5.91 Å². The molecule has 0 aliphatic heterocycles. The van der Waals surface area contributed by atoms with Gasteiger partial charge in [-0.3, -0.25) is 4.79 Å². The fraction of sp³-hybridized carbons (Fsp3) is 0.240. The van der Waals surface area contributed by atoms with Gasteiger partial charge in [-0.1, -0.05) is 94.4 Å². The van der Waals surface area contributed by atoms with Crippen molar-refractivity contribution < 1.29 is 4.79 Å². The second kappa shape index (κ2) is 8.22. The molecule has 1 amide bonds. The normalized spacial score (nSPS) is 11.0. The molecule has 0 aliphatic carbocycles. The number of benzene rings is 3. The Hall–Kier alpha value is -2.87. The van der Waals surface area contributed by atoms with Crippen molar-refractivity contribution in [2.75, 3.05) is 5.32 Å². The fourth-order valence-corrected chi connectivity index (χ4v) is 3.43. The van der Waals surface area contributed by atoms with E-state index in [1.165, 1.54) is 11.1 Å². The lowest BCUT2D eigenvalue weighted by Crippen LogP contribution is -2.16. The number of amides is 1. The number of hydrogen-bond donors (Lipinski definition) is 1. The summed E-state index contributed by atoms with van der Waals surface area (Å²) in [7, 11) is 0. The molecule has 2 heteroatoms. The second-order valence-corrected chi connectivity index (χ2v) is 7.49. The van der Waals surface area contributed by atoms with E-state index >= 15 is 0 Å². The molecule has 3 rings (SSSR count). The summed E-state index contributed by atoms with van der Waals surface area (Å²) < 4.78 is 0. The smallest absolute Gasteiger partial charge is 0.256 e. The molecule has 2 nitrogen and oxygen atoms in total. The van der Waals surface area contributed by atoms with Crippen LogP contribution in [0.1, 0.15) is 61.0 Å². The Morgan fingerprint density at radius 2 is 1.26 bits per heavy atom. The van der Waals surface area contributed by atoms with E-state index in [0.29, 0.717) is 17.4 Å². The minimum atomic E-state index is -0.0653. The molecule has 0 heterocycles. The van der Waals surface area contributed by atoms with Crippen LogP contribution in [0.5, 0.6) is 0 Å². The monoisotopic (exact) mass is 357 g/mol. The van der Waals surface area contributed by atoms with Crippen molar-refractivity contribution in [3.63, 3.8) is 0 Å². The zero-order valence-electron chi connectivity index (χ0n) is 16.5. The van der Waals surface area contributed by atoms with Gasteiger partial charge in [-0.15, -0.1) is 0 Å². The van der Waals surface area contributed by atoms with E-state index in [2.05, 4.69) is 51.2 Å². The van der Waals surface area contributed by atoms with Gasteiger partial charge in [0.05, 0.1) is 0 Å². The first-order valence-electron chi connectivity index (χ1n) is 9.57. The number of rotatable bonds is 5. The third-order valence-corrected chi connectivity index (χ3v) is 4.87. The Morgan fingerprint density at radius 3 is 1.85 bits per heavy atom. The van der Waals surface area contributed by atoms with E-state index in [1.54, 1.807) is 0 Å². The van der Waals surface area contributed by atoms with E-state index in [9.17, 15) is 4.79 Å². The number of carbonyl (C=O) groups is 1. The predicted octanol–water partition coefficient (Wildman–Crippen LogP) is 6.85. The third kappa shape index (κ3) is 4.11. The second-order valence-electron chi connectivity index (χ2n) is 7.49. The van der Waals surface area contributed by atoms with Gasteiger partial charge in [-0.2, -0.15) is 0 Å². The fourth-order valence-electron chi connectivity index (χ4n) is 3.43. The molecule has 0 radical (unpaired) electrons. The summed E-state index contributed by atoms with van der Waals surface area (Å²) in [5, 5.41) is 3.23. The molecule has 3 aromatic rings. The Kier molecular flexibility index (Phi) is 5.75. The zero-order chi connectivity index (χ0) is 19.4. The summed E-state index contributed by atoms with van der Waals surface area (Å²) in [6.45, 7) is 8.64. The van der Waals surface area contributed by atoms with Gasteiger partial charge in [0.25, 0.3) is 5.91 Å². The highest BCUT2D eigenvalue weighted by molar-refractivity contribution is 6.09. The van der Waals surface area contributed by atoms with Crippen molar-refractivity contribution in [2.24, 2.45) is 0 Å². The summed E-state index contributed by atoms with van der Waals surface area (Å²) in [4.78, 5) is 13.2. The minimum Gasteiger partial charge on any atom is -0.321 e. The summed E-state index contributed by atoms with van der Waals surface area (Å²) in [6, 6.07) is 24.1. The quantitative estimate of drug-likeness (QED) is 0.531. The first-order valence-corrected chi connectivity index (χ1v) is 9.57. The highest BCUT2D eigenvalue weighted by Gasteiger charge is 2.18. The van der Waals surface area contributed by atoms with E-state index in [0.717, 1.165) is 16.8 Å². The average Bonchev–Trinajstić information content (AvgIpc) is 2.68. The molecule has 27 heavy (non-hydrogen) atoms. The molecule has 1 N–H and O–H groups in total. The molecule has 3 aromatic carbocycles. The van der Waals surface area contributed by atoms with Crippen molar-refractivity contribution in [1.29, 1.82) is 0 Å². The van der Waals surface area contributed by atoms with Crippen molar-refractivity contribution in [3.05, 3.63) is 89.5 Å². The number of anilines is 1. The Balaban J connectivity index is 2.03. The van der Waals surface area contributed by atoms with Gasteiger partial charge in [0, 0.05) is 11.3 Å². The summed E-state index contributed by atoms with van der Waals surface area (Å²) >= 11 is 0. The van der Waals surface area contributed by atoms with Gasteiger partial charge in [0.1, 0.15) is 0 Å². The summed E-state index contributed by atoms with van der Waals surface area (Å²) in [5.74, 6) is 0.608. The molecule has 138 valence electrons. The van der Waals surface area contributed by atoms with Crippen LogP contribution in [0.2, 0.25) is 0 Å². The van der Waals surface area contributed by atoms with Gasteiger partial charge in [0.15, 0.2) is 0 Å². The SMILES string of the molecule is CC(C)c1cccc(C(C)C)c1NC(=O)c1ccccc1-c1ccccc1. The Morgan fingerprint density at radius 1 is 0.704 bits per heavy atom. The van der Waals surface area contributed by atoms with Gasteiger partial charge in [-0.25, -0.2) is 0 Å². The van der Waals surface area contributed by atoms with E-state index in [4.69, 9.17) is 0 Å². The maximum atomic E-state index is 13.2. The van der Waals surface area contributed by atoms with Crippen LogP contribution in [-0.4, -0.2) is 5.91 Å². The van der Waals surface area contributed by atoms with Crippen LogP contribution >= 0.6 is 0 Å². The lowest BCUT2D eigenvalue weighted by atomic mass is 9.92. The molecular weight excluding hydrogens is 330 g/mol. The number of para-hydroxylation sites is 1. The van der Waals surface area contributed by atoms with Crippen molar-refractivity contribution >= 4 is 11.6 Å². The maximum Gasteiger partial charge on any atom is 0.256 e. The first kappa shape index (κ1) is 18.9. The Bertz CT molecular complexity index is 900. The largest absolute Gasteiger partial charge is 0.321 e. The van der Waals surface area contributed by atoms with Crippen molar-refractivity contribution in [3.8, 4) is 11.1 Å². The van der Waals surface area contributed by atoms with E-state index in [1.807, 2.05) is 54.6 Å². The number of hydrogen-bond acceptors (Lipinski definition) is 1. The van der Waals surface area contributed by atoms with Crippen LogP contribution in [0.15, 0.2) is 72.8 Å². The van der Waals surface area contributed by atoms with Crippen LogP contribution in [0.4, 0.5) is 5.69 Å². The summed E-state index contributed by atoms with van der Waals surface area (Å²) in [6.07, 6.45) is 0. The third-order valence-electron chi connectivity index (χ3n) is 4.87. The average molecular weight is 357 g/mol. The van der Waals surface area contributed by atoms with Crippen LogP contribution in [0, 0.1) is 0 Å². The number of nitrogens with one attached hydrogen (secondary N) is 1.